The first-order valence-electron chi connectivity index (χ1n) is 15.2. The molecule has 1 aromatic heterocycles. The van der Waals surface area contributed by atoms with Crippen molar-refractivity contribution in [2.45, 2.75) is 71.4 Å². The third kappa shape index (κ3) is 9.83. The van der Waals surface area contributed by atoms with Crippen LogP contribution in [0.1, 0.15) is 45.4 Å². The number of aliphatic hydroxyl groups is 1. The van der Waals surface area contributed by atoms with Crippen LogP contribution in [-0.2, 0) is 35.0 Å². The molecule has 0 saturated carbocycles. The molecule has 250 valence electrons. The Balaban J connectivity index is 2.03. The van der Waals surface area contributed by atoms with Gasteiger partial charge in [-0.1, -0.05) is 44.2 Å². The standard InChI is InChI=1S/C34H45N3O8S/c1-19-15-24-29(36-13-12-23-10-8-14-46-23)26(38)18-25(31(24)40)37-33(41)20(2)9-7-11-27(43-5)32(45-34(35)42)22(4)17-21(3)30(39)28(16-19)44-6/h7-11,14,17-19,21,27-28,30,32,36,39H,12-13,15-16H2,1-6H3,(H2,35,42)(H,37,41)/b11-7-,20-9+,22-17+/t19-,21+,27+,28+,30-,32+/m1/s1. The smallest absolute Gasteiger partial charge is 0.405 e. The van der Waals surface area contributed by atoms with Crippen molar-refractivity contribution < 1.29 is 38.5 Å². The van der Waals surface area contributed by atoms with Gasteiger partial charge in [0.25, 0.3) is 5.91 Å². The molecule has 1 aliphatic heterocycles. The third-order valence-electron chi connectivity index (χ3n) is 8.05. The lowest BCUT2D eigenvalue weighted by atomic mass is 9.85. The van der Waals surface area contributed by atoms with Gasteiger partial charge in [-0.25, -0.2) is 4.79 Å². The van der Waals surface area contributed by atoms with E-state index in [1.54, 1.807) is 43.4 Å². The van der Waals surface area contributed by atoms with E-state index in [1.807, 2.05) is 31.4 Å². The number of amides is 2. The maximum Gasteiger partial charge on any atom is 0.405 e. The number of carbonyl (C=O) groups is 4. The first-order valence-corrected chi connectivity index (χ1v) is 16.1. The summed E-state index contributed by atoms with van der Waals surface area (Å²) in [6.07, 6.45) is 4.56. The third-order valence-corrected chi connectivity index (χ3v) is 8.98. The molecule has 0 spiro atoms. The van der Waals surface area contributed by atoms with Crippen molar-refractivity contribution in [2.75, 3.05) is 20.8 Å². The number of hydrogen-bond donors (Lipinski definition) is 4. The number of thiophene rings is 1. The van der Waals surface area contributed by atoms with Crippen LogP contribution in [0.5, 0.6) is 0 Å². The van der Waals surface area contributed by atoms with E-state index in [9.17, 15) is 24.3 Å². The second-order valence-corrected chi connectivity index (χ2v) is 12.7. The van der Waals surface area contributed by atoms with Crippen molar-refractivity contribution >= 4 is 34.9 Å². The highest BCUT2D eigenvalue weighted by Crippen LogP contribution is 2.29. The molecule has 3 rings (SSSR count). The number of fused-ring (bicyclic) bond motifs is 2. The molecular weight excluding hydrogens is 610 g/mol. The van der Waals surface area contributed by atoms with Gasteiger partial charge in [0.1, 0.15) is 6.10 Å². The van der Waals surface area contributed by atoms with Crippen molar-refractivity contribution in [3.63, 3.8) is 0 Å². The van der Waals surface area contributed by atoms with Crippen molar-refractivity contribution in [3.05, 3.63) is 80.9 Å². The van der Waals surface area contributed by atoms with Crippen LogP contribution in [0.3, 0.4) is 0 Å². The van der Waals surface area contributed by atoms with E-state index in [4.69, 9.17) is 19.9 Å². The number of primary amides is 1. The van der Waals surface area contributed by atoms with Crippen molar-refractivity contribution in [3.8, 4) is 0 Å². The van der Waals surface area contributed by atoms with Crippen LogP contribution < -0.4 is 16.4 Å². The summed E-state index contributed by atoms with van der Waals surface area (Å²) >= 11 is 1.61. The Morgan fingerprint density at radius 1 is 1.17 bits per heavy atom. The molecule has 0 unspecified atom stereocenters. The second-order valence-electron chi connectivity index (χ2n) is 11.7. The van der Waals surface area contributed by atoms with E-state index >= 15 is 0 Å². The molecule has 2 heterocycles. The zero-order chi connectivity index (χ0) is 34.0. The summed E-state index contributed by atoms with van der Waals surface area (Å²) < 4.78 is 16.7. The molecule has 1 aromatic rings. The van der Waals surface area contributed by atoms with Crippen LogP contribution in [0.4, 0.5) is 4.79 Å². The molecule has 2 bridgehead atoms. The van der Waals surface area contributed by atoms with Gasteiger partial charge in [-0.05, 0) is 56.0 Å². The highest BCUT2D eigenvalue weighted by molar-refractivity contribution is 7.09. The first-order chi connectivity index (χ1) is 21.9. The van der Waals surface area contributed by atoms with Gasteiger partial charge in [0.2, 0.25) is 11.6 Å². The lowest BCUT2D eigenvalue weighted by molar-refractivity contribution is -0.120. The molecule has 11 nitrogen and oxygen atoms in total. The Labute approximate surface area is 274 Å². The summed E-state index contributed by atoms with van der Waals surface area (Å²) in [5.74, 6) is -2.07. The molecule has 0 fully saturated rings. The van der Waals surface area contributed by atoms with Crippen LogP contribution in [0.25, 0.3) is 0 Å². The van der Waals surface area contributed by atoms with Gasteiger partial charge >= 0.3 is 6.09 Å². The number of Topliss-reactive ketones (excluding diaryl/α,β-unsaturated/α-hetero) is 1. The van der Waals surface area contributed by atoms with E-state index in [2.05, 4.69) is 10.6 Å². The number of ketones is 2. The first kappa shape index (κ1) is 36.6. The van der Waals surface area contributed by atoms with Crippen LogP contribution in [0.15, 0.2) is 76.0 Å². The highest BCUT2D eigenvalue weighted by atomic mass is 32.1. The Morgan fingerprint density at radius 2 is 1.91 bits per heavy atom. The van der Waals surface area contributed by atoms with Crippen molar-refractivity contribution in [2.24, 2.45) is 17.6 Å². The van der Waals surface area contributed by atoms with E-state index in [1.165, 1.54) is 20.3 Å². The zero-order valence-electron chi connectivity index (χ0n) is 27.2. The Hall–Kier alpha value is -3.84. The number of carbonyl (C=O) groups excluding carboxylic acids is 4. The van der Waals surface area contributed by atoms with E-state index in [-0.39, 0.29) is 34.9 Å². The molecule has 5 N–H and O–H groups in total. The molecule has 6 atom stereocenters. The zero-order valence-corrected chi connectivity index (χ0v) is 28.0. The summed E-state index contributed by atoms with van der Waals surface area (Å²) in [5.41, 5.74) is 6.57. The van der Waals surface area contributed by atoms with Gasteiger partial charge in [0.15, 0.2) is 6.10 Å². The summed E-state index contributed by atoms with van der Waals surface area (Å²) in [7, 11) is 2.94. The number of methoxy groups -OCH3 is 2. The average molecular weight is 656 g/mol. The van der Waals surface area contributed by atoms with E-state index in [0.717, 1.165) is 11.0 Å². The Morgan fingerprint density at radius 3 is 2.54 bits per heavy atom. The fraction of sp³-hybridized carbons (Fsp3) is 0.471. The number of aliphatic hydroxyl groups excluding tert-OH is 1. The maximum atomic E-state index is 13.8. The number of nitrogens with two attached hydrogens (primary N) is 1. The topological polar surface area (TPSA) is 166 Å². The SMILES string of the molecule is CO[C@H]1/C=C\C=C(/C)C(=O)NC2=CC(=O)C(NCCc3cccs3)=C(C[C@@H](C)C[C@H](OC)[C@H](O)[C@@H](C)/C=C(\C)[C@@H]1OC(N)=O)C2=O. The maximum absolute atomic E-state index is 13.8. The number of nitrogens with one attached hydrogen (secondary N) is 2. The number of ether oxygens (including phenoxy) is 3. The molecule has 0 saturated heterocycles. The van der Waals surface area contributed by atoms with Gasteiger partial charge in [-0.15, -0.1) is 11.3 Å². The summed E-state index contributed by atoms with van der Waals surface area (Å²) in [4.78, 5) is 53.2. The number of rotatable bonds is 7. The molecule has 1 aliphatic carbocycles. The minimum Gasteiger partial charge on any atom is -0.439 e. The fourth-order valence-electron chi connectivity index (χ4n) is 5.54. The van der Waals surface area contributed by atoms with Crippen molar-refractivity contribution in [1.29, 1.82) is 0 Å². The summed E-state index contributed by atoms with van der Waals surface area (Å²) in [5, 5.41) is 19.1. The molecule has 2 amide bonds. The molecule has 46 heavy (non-hydrogen) atoms. The molecular formula is C34H45N3O8S. The van der Waals surface area contributed by atoms with Crippen molar-refractivity contribution in [1.82, 2.24) is 10.6 Å². The Kier molecular flexibility index (Phi) is 13.7. The molecule has 0 aromatic carbocycles. The summed E-state index contributed by atoms with van der Waals surface area (Å²) in [6.45, 7) is 7.48. The fourth-order valence-corrected chi connectivity index (χ4v) is 6.25. The number of hydrogen-bond acceptors (Lipinski definition) is 10. The van der Waals surface area contributed by atoms with Gasteiger partial charge in [0, 0.05) is 48.8 Å². The predicted molar refractivity (Wildman–Crippen MR) is 176 cm³/mol. The lowest BCUT2D eigenvalue weighted by Gasteiger charge is -2.30. The molecule has 12 heteroatoms. The number of allylic oxidation sites excluding steroid dienone is 4. The quantitative estimate of drug-likeness (QED) is 0.253. The minimum absolute atomic E-state index is 0.114. The van der Waals surface area contributed by atoms with E-state index in [0.29, 0.717) is 25.0 Å². The van der Waals surface area contributed by atoms with Crippen LogP contribution in [-0.4, -0.2) is 73.9 Å². The highest BCUT2D eigenvalue weighted by Gasteiger charge is 2.33. The van der Waals surface area contributed by atoms with Crippen LogP contribution >= 0.6 is 11.3 Å². The Bertz CT molecular complexity index is 1430. The second kappa shape index (κ2) is 17.2. The summed E-state index contributed by atoms with van der Waals surface area (Å²) in [6, 6.07) is 3.96. The predicted octanol–water partition coefficient (Wildman–Crippen LogP) is 3.66. The minimum atomic E-state index is -0.997. The normalized spacial score (nSPS) is 30.0. The average Bonchev–Trinajstić information content (AvgIpc) is 3.53. The molecule has 0 radical (unpaired) electrons. The van der Waals surface area contributed by atoms with Crippen LogP contribution in [0.2, 0.25) is 0 Å². The van der Waals surface area contributed by atoms with Gasteiger partial charge in [-0.2, -0.15) is 0 Å². The van der Waals surface area contributed by atoms with Gasteiger partial charge in [-0.3, -0.25) is 14.4 Å². The molecule has 2 aliphatic rings. The largest absolute Gasteiger partial charge is 0.439 e. The van der Waals surface area contributed by atoms with Gasteiger partial charge < -0.3 is 35.7 Å². The van der Waals surface area contributed by atoms with Crippen LogP contribution in [0, 0.1) is 11.8 Å². The van der Waals surface area contributed by atoms with E-state index < -0.39 is 53.9 Å². The monoisotopic (exact) mass is 655 g/mol. The van der Waals surface area contributed by atoms with Gasteiger partial charge in [0.05, 0.1) is 23.6 Å². The lowest BCUT2D eigenvalue weighted by Crippen LogP contribution is -2.38.